The zero-order valence-electron chi connectivity index (χ0n) is 19.9. The van der Waals surface area contributed by atoms with Crippen molar-refractivity contribution in [2.24, 2.45) is 0 Å². The first kappa shape index (κ1) is 25.9. The Kier molecular flexibility index (Phi) is 8.82. The molecule has 2 aromatic carbocycles. The number of amides is 2. The number of ether oxygens (including phenoxy) is 1. The van der Waals surface area contributed by atoms with Gasteiger partial charge in [-0.3, -0.25) is 9.59 Å². The van der Waals surface area contributed by atoms with Crippen molar-refractivity contribution in [1.82, 2.24) is 9.62 Å². The van der Waals surface area contributed by atoms with Gasteiger partial charge in [0, 0.05) is 38.7 Å². The van der Waals surface area contributed by atoms with Crippen LogP contribution in [0.3, 0.4) is 0 Å². The van der Waals surface area contributed by atoms with Crippen molar-refractivity contribution in [3.8, 4) is 0 Å². The van der Waals surface area contributed by atoms with Crippen LogP contribution < -0.4 is 10.6 Å². The number of nitrogens with zero attached hydrogens (tertiary/aromatic N) is 1. The van der Waals surface area contributed by atoms with Gasteiger partial charge in [0.2, 0.25) is 21.8 Å². The molecule has 184 valence electrons. The average Bonchev–Trinajstić information content (AvgIpc) is 2.78. The van der Waals surface area contributed by atoms with Gasteiger partial charge in [0.25, 0.3) is 0 Å². The molecular weight excluding hydrogens is 454 g/mol. The SMILES string of the molecule is CC(=O)Nc1ccc(S(=O)(=O)N2CCc3ccccc3[C@H]2CC(=O)NCCCOC(C)C)cc1. The van der Waals surface area contributed by atoms with Crippen molar-refractivity contribution >= 4 is 27.5 Å². The summed E-state index contributed by atoms with van der Waals surface area (Å²) in [4.78, 5) is 24.1. The Bertz CT molecular complexity index is 1100. The topological polar surface area (TPSA) is 105 Å². The molecule has 0 spiro atoms. The van der Waals surface area contributed by atoms with Crippen molar-refractivity contribution in [2.45, 2.75) is 57.1 Å². The monoisotopic (exact) mass is 487 g/mol. The number of nitrogens with one attached hydrogen (secondary N) is 2. The molecule has 2 N–H and O–H groups in total. The summed E-state index contributed by atoms with van der Waals surface area (Å²) in [5, 5.41) is 5.53. The lowest BCUT2D eigenvalue weighted by Gasteiger charge is -2.36. The summed E-state index contributed by atoms with van der Waals surface area (Å²) in [6.07, 6.45) is 1.43. The maximum atomic E-state index is 13.6. The fraction of sp³-hybridized carbons (Fsp3) is 0.440. The lowest BCUT2D eigenvalue weighted by molar-refractivity contribution is -0.122. The second kappa shape index (κ2) is 11.6. The molecular formula is C25H33N3O5S. The van der Waals surface area contributed by atoms with E-state index in [1.807, 2.05) is 38.1 Å². The summed E-state index contributed by atoms with van der Waals surface area (Å²) in [7, 11) is -3.86. The van der Waals surface area contributed by atoms with Crippen LogP contribution in [0.25, 0.3) is 0 Å². The quantitative estimate of drug-likeness (QED) is 0.501. The Balaban J connectivity index is 1.78. The fourth-order valence-electron chi connectivity index (χ4n) is 4.04. The first-order valence-corrected chi connectivity index (χ1v) is 13.0. The van der Waals surface area contributed by atoms with E-state index < -0.39 is 16.1 Å². The van der Waals surface area contributed by atoms with Crippen LogP contribution in [0.4, 0.5) is 5.69 Å². The lowest BCUT2D eigenvalue weighted by Crippen LogP contribution is -2.42. The number of fused-ring (bicyclic) bond motifs is 1. The molecule has 1 heterocycles. The largest absolute Gasteiger partial charge is 0.379 e. The number of sulfonamides is 1. The van der Waals surface area contributed by atoms with E-state index in [0.29, 0.717) is 31.7 Å². The minimum atomic E-state index is -3.86. The molecule has 1 atom stereocenters. The van der Waals surface area contributed by atoms with Gasteiger partial charge in [-0.15, -0.1) is 0 Å². The third-order valence-electron chi connectivity index (χ3n) is 5.62. The summed E-state index contributed by atoms with van der Waals surface area (Å²) in [5.41, 5.74) is 2.43. The van der Waals surface area contributed by atoms with E-state index in [2.05, 4.69) is 10.6 Å². The van der Waals surface area contributed by atoms with Crippen molar-refractivity contribution in [1.29, 1.82) is 0 Å². The van der Waals surface area contributed by atoms with E-state index in [9.17, 15) is 18.0 Å². The number of carbonyl (C=O) groups excluding carboxylic acids is 2. The van der Waals surface area contributed by atoms with Crippen LogP contribution in [-0.2, 0) is 30.8 Å². The molecule has 1 aliphatic rings. The molecule has 0 fully saturated rings. The molecule has 0 radical (unpaired) electrons. The number of benzene rings is 2. The molecule has 8 nitrogen and oxygen atoms in total. The Morgan fingerprint density at radius 3 is 2.50 bits per heavy atom. The molecule has 0 bridgehead atoms. The summed E-state index contributed by atoms with van der Waals surface area (Å²) in [5.74, 6) is -0.433. The van der Waals surface area contributed by atoms with Crippen LogP contribution >= 0.6 is 0 Å². The van der Waals surface area contributed by atoms with Crippen LogP contribution in [0.2, 0.25) is 0 Å². The third kappa shape index (κ3) is 6.65. The second-order valence-electron chi connectivity index (χ2n) is 8.61. The van der Waals surface area contributed by atoms with Crippen LogP contribution in [0, 0.1) is 0 Å². The highest BCUT2D eigenvalue weighted by Gasteiger charge is 2.37. The molecule has 3 rings (SSSR count). The first-order chi connectivity index (χ1) is 16.2. The van der Waals surface area contributed by atoms with Crippen LogP contribution in [0.5, 0.6) is 0 Å². The number of hydrogen-bond donors (Lipinski definition) is 2. The van der Waals surface area contributed by atoms with Gasteiger partial charge in [-0.2, -0.15) is 4.31 Å². The highest BCUT2D eigenvalue weighted by molar-refractivity contribution is 7.89. The normalized spacial score (nSPS) is 16.2. The first-order valence-electron chi connectivity index (χ1n) is 11.5. The highest BCUT2D eigenvalue weighted by Crippen LogP contribution is 2.36. The van der Waals surface area contributed by atoms with Crippen LogP contribution in [0.15, 0.2) is 53.4 Å². The van der Waals surface area contributed by atoms with Gasteiger partial charge in [-0.25, -0.2) is 8.42 Å². The molecule has 2 amide bonds. The number of hydrogen-bond acceptors (Lipinski definition) is 5. The van der Waals surface area contributed by atoms with Gasteiger partial charge in [0.15, 0.2) is 0 Å². The van der Waals surface area contributed by atoms with E-state index in [0.717, 1.165) is 11.1 Å². The average molecular weight is 488 g/mol. The maximum Gasteiger partial charge on any atom is 0.243 e. The highest BCUT2D eigenvalue weighted by atomic mass is 32.2. The zero-order valence-corrected chi connectivity index (χ0v) is 20.7. The van der Waals surface area contributed by atoms with E-state index in [4.69, 9.17) is 4.74 Å². The molecule has 2 aromatic rings. The van der Waals surface area contributed by atoms with E-state index >= 15 is 0 Å². The van der Waals surface area contributed by atoms with Crippen molar-refractivity contribution in [3.63, 3.8) is 0 Å². The molecule has 34 heavy (non-hydrogen) atoms. The Hall–Kier alpha value is -2.75. The third-order valence-corrected chi connectivity index (χ3v) is 7.54. The molecule has 0 saturated carbocycles. The minimum Gasteiger partial charge on any atom is -0.379 e. The van der Waals surface area contributed by atoms with Crippen molar-refractivity contribution in [2.75, 3.05) is 25.0 Å². The molecule has 0 saturated heterocycles. The minimum absolute atomic E-state index is 0.0330. The predicted molar refractivity (Wildman–Crippen MR) is 131 cm³/mol. The lowest BCUT2D eigenvalue weighted by atomic mass is 9.92. The smallest absolute Gasteiger partial charge is 0.243 e. The van der Waals surface area contributed by atoms with Gasteiger partial charge < -0.3 is 15.4 Å². The van der Waals surface area contributed by atoms with Gasteiger partial charge in [0.1, 0.15) is 0 Å². The number of carbonyl (C=O) groups is 2. The van der Waals surface area contributed by atoms with E-state index in [1.54, 1.807) is 12.1 Å². The zero-order chi connectivity index (χ0) is 24.7. The fourth-order valence-corrected chi connectivity index (χ4v) is 5.65. The molecule has 0 aliphatic carbocycles. The molecule has 0 aromatic heterocycles. The summed E-state index contributed by atoms with van der Waals surface area (Å²) in [6, 6.07) is 13.2. The Morgan fingerprint density at radius 2 is 1.82 bits per heavy atom. The summed E-state index contributed by atoms with van der Waals surface area (Å²) in [6.45, 7) is 6.62. The van der Waals surface area contributed by atoms with Gasteiger partial charge in [-0.05, 0) is 62.1 Å². The summed E-state index contributed by atoms with van der Waals surface area (Å²) >= 11 is 0. The van der Waals surface area contributed by atoms with Gasteiger partial charge in [-0.1, -0.05) is 24.3 Å². The standard InChI is InChI=1S/C25H33N3O5S/c1-18(2)33-16-6-14-26-25(30)17-24-23-8-5-4-7-20(23)13-15-28(24)34(31,32)22-11-9-21(10-12-22)27-19(3)29/h4-5,7-12,18,24H,6,13-17H2,1-3H3,(H,26,30)(H,27,29)/t24-/m1/s1. The van der Waals surface area contributed by atoms with Crippen molar-refractivity contribution < 1.29 is 22.7 Å². The number of anilines is 1. The van der Waals surface area contributed by atoms with E-state index in [1.165, 1.54) is 23.4 Å². The van der Waals surface area contributed by atoms with Crippen LogP contribution in [0.1, 0.15) is 50.8 Å². The maximum absolute atomic E-state index is 13.6. The molecule has 0 unspecified atom stereocenters. The van der Waals surface area contributed by atoms with Gasteiger partial charge in [0.05, 0.1) is 17.0 Å². The predicted octanol–water partition coefficient (Wildman–Crippen LogP) is 3.25. The van der Waals surface area contributed by atoms with Crippen LogP contribution in [-0.4, -0.2) is 50.3 Å². The van der Waals surface area contributed by atoms with E-state index in [-0.39, 0.29) is 35.8 Å². The van der Waals surface area contributed by atoms with Gasteiger partial charge >= 0.3 is 0 Å². The summed E-state index contributed by atoms with van der Waals surface area (Å²) < 4.78 is 34.1. The molecule has 9 heteroatoms. The van der Waals surface area contributed by atoms with Crippen molar-refractivity contribution in [3.05, 3.63) is 59.7 Å². The number of rotatable bonds is 10. The Labute approximate surface area is 201 Å². The molecule has 1 aliphatic heterocycles. The second-order valence-corrected chi connectivity index (χ2v) is 10.5. The Morgan fingerprint density at radius 1 is 1.12 bits per heavy atom.